The molecule has 1 aromatic heterocycles. The second kappa shape index (κ2) is 8.96. The van der Waals surface area contributed by atoms with Gasteiger partial charge in [0.25, 0.3) is 11.8 Å². The molecule has 1 aliphatic carbocycles. The number of ether oxygens (including phenoxy) is 1. The van der Waals surface area contributed by atoms with Crippen LogP contribution in [0.15, 0.2) is 59.0 Å². The highest BCUT2D eigenvalue weighted by atomic mass is 19.1. The van der Waals surface area contributed by atoms with Crippen molar-refractivity contribution in [1.82, 2.24) is 10.2 Å². The molecule has 2 aromatic carbocycles. The molecule has 1 fully saturated rings. The van der Waals surface area contributed by atoms with E-state index in [4.69, 9.17) is 9.15 Å². The molecule has 35 heavy (non-hydrogen) atoms. The summed E-state index contributed by atoms with van der Waals surface area (Å²) < 4.78 is 25.3. The molecule has 1 spiro atoms. The molecule has 0 unspecified atom stereocenters. The van der Waals surface area contributed by atoms with E-state index in [0.29, 0.717) is 37.3 Å². The van der Waals surface area contributed by atoms with E-state index in [0.717, 1.165) is 16.9 Å². The molecular formula is C28H29FN2O4. The summed E-state index contributed by atoms with van der Waals surface area (Å²) in [4.78, 5) is 28.1. The number of rotatable bonds is 4. The van der Waals surface area contributed by atoms with Crippen LogP contribution in [-0.4, -0.2) is 43.0 Å². The number of piperidine rings is 1. The Morgan fingerprint density at radius 2 is 1.83 bits per heavy atom. The van der Waals surface area contributed by atoms with Crippen molar-refractivity contribution in [3.8, 4) is 0 Å². The van der Waals surface area contributed by atoms with Crippen molar-refractivity contribution in [2.75, 3.05) is 20.2 Å². The van der Waals surface area contributed by atoms with Crippen LogP contribution in [0, 0.1) is 19.7 Å². The lowest BCUT2D eigenvalue weighted by Crippen LogP contribution is -2.51. The summed E-state index contributed by atoms with van der Waals surface area (Å²) in [5.41, 5.74) is 2.67. The number of carbonyl (C=O) groups excluding carboxylic acids is 2. The summed E-state index contributed by atoms with van der Waals surface area (Å²) in [6, 6.07) is 15.1. The maximum Gasteiger partial charge on any atom is 0.257 e. The highest BCUT2D eigenvalue weighted by molar-refractivity contribution is 5.95. The van der Waals surface area contributed by atoms with Crippen LogP contribution in [0.5, 0.6) is 0 Å². The zero-order valence-corrected chi connectivity index (χ0v) is 20.1. The van der Waals surface area contributed by atoms with E-state index in [2.05, 4.69) is 11.4 Å². The standard InChI is InChI=1S/C28H29FN2O4/c1-17-15-22(18(2)35-17)27(33)31-13-11-28(12-14-31)23-10-5-4-9-21(23)24(25(28)34-3)30-26(32)19-7-6-8-20(29)16-19/h4-10,15-16,24-25H,11-14H2,1-3H3,(H,30,32)/t24-,25+/m1/s1. The quantitative estimate of drug-likeness (QED) is 0.592. The van der Waals surface area contributed by atoms with Crippen LogP contribution < -0.4 is 5.32 Å². The predicted octanol–water partition coefficient (Wildman–Crippen LogP) is 4.71. The Morgan fingerprint density at radius 3 is 2.49 bits per heavy atom. The molecule has 7 heteroatoms. The number of halogens is 1. The van der Waals surface area contributed by atoms with Crippen LogP contribution >= 0.6 is 0 Å². The van der Waals surface area contributed by atoms with Crippen molar-refractivity contribution >= 4 is 11.8 Å². The zero-order chi connectivity index (χ0) is 24.7. The van der Waals surface area contributed by atoms with Gasteiger partial charge in [0, 0.05) is 31.2 Å². The minimum Gasteiger partial charge on any atom is -0.466 e. The summed E-state index contributed by atoms with van der Waals surface area (Å²) in [5.74, 6) is 0.533. The fourth-order valence-corrected chi connectivity index (χ4v) is 5.90. The van der Waals surface area contributed by atoms with Gasteiger partial charge in [-0.25, -0.2) is 4.39 Å². The number of nitrogens with zero attached hydrogens (tertiary/aromatic N) is 1. The molecule has 1 aliphatic heterocycles. The van der Waals surface area contributed by atoms with Crippen LogP contribution in [0.25, 0.3) is 0 Å². The minimum absolute atomic E-state index is 0.0228. The Balaban J connectivity index is 1.41. The van der Waals surface area contributed by atoms with E-state index >= 15 is 0 Å². The topological polar surface area (TPSA) is 71.8 Å². The van der Waals surface area contributed by atoms with E-state index in [1.165, 1.54) is 18.2 Å². The largest absolute Gasteiger partial charge is 0.466 e. The van der Waals surface area contributed by atoms with Crippen LogP contribution in [-0.2, 0) is 10.2 Å². The average molecular weight is 477 g/mol. The zero-order valence-electron chi connectivity index (χ0n) is 20.1. The number of nitrogens with one attached hydrogen (secondary N) is 1. The van der Waals surface area contributed by atoms with E-state index in [-0.39, 0.29) is 34.9 Å². The monoisotopic (exact) mass is 476 g/mol. The van der Waals surface area contributed by atoms with Crippen molar-refractivity contribution in [2.45, 2.75) is 44.2 Å². The number of carbonyl (C=O) groups is 2. The van der Waals surface area contributed by atoms with Crippen molar-refractivity contribution in [3.05, 3.63) is 94.2 Å². The Labute approximate surface area is 204 Å². The van der Waals surface area contributed by atoms with Gasteiger partial charge in [0.2, 0.25) is 0 Å². The van der Waals surface area contributed by atoms with Crippen LogP contribution in [0.2, 0.25) is 0 Å². The lowest BCUT2D eigenvalue weighted by Gasteiger charge is -2.44. The summed E-state index contributed by atoms with van der Waals surface area (Å²) in [7, 11) is 1.66. The van der Waals surface area contributed by atoms with Gasteiger partial charge in [0.1, 0.15) is 17.3 Å². The third-order valence-corrected chi connectivity index (χ3v) is 7.52. The van der Waals surface area contributed by atoms with E-state index in [1.54, 1.807) is 19.2 Å². The molecule has 182 valence electrons. The van der Waals surface area contributed by atoms with Crippen molar-refractivity contribution in [2.24, 2.45) is 0 Å². The molecule has 0 bridgehead atoms. The smallest absolute Gasteiger partial charge is 0.257 e. The highest BCUT2D eigenvalue weighted by Gasteiger charge is 2.54. The van der Waals surface area contributed by atoms with Crippen LogP contribution in [0.1, 0.15) is 62.2 Å². The average Bonchev–Trinajstić information content (AvgIpc) is 3.32. The third-order valence-electron chi connectivity index (χ3n) is 7.52. The fourth-order valence-electron chi connectivity index (χ4n) is 5.90. The number of hydrogen-bond donors (Lipinski definition) is 1. The Morgan fingerprint density at radius 1 is 1.09 bits per heavy atom. The van der Waals surface area contributed by atoms with Crippen molar-refractivity contribution in [1.29, 1.82) is 0 Å². The second-order valence-corrected chi connectivity index (χ2v) is 9.48. The fraction of sp³-hybridized carbons (Fsp3) is 0.357. The maximum atomic E-state index is 13.7. The number of hydrogen-bond acceptors (Lipinski definition) is 4. The first kappa shape index (κ1) is 23.3. The minimum atomic E-state index is -0.454. The first-order chi connectivity index (χ1) is 16.8. The van der Waals surface area contributed by atoms with Gasteiger partial charge in [-0.15, -0.1) is 0 Å². The lowest BCUT2D eigenvalue weighted by molar-refractivity contribution is -0.00931. The number of likely N-dealkylation sites (tertiary alicyclic amines) is 1. The number of amides is 2. The molecule has 2 amide bonds. The number of furan rings is 1. The first-order valence-electron chi connectivity index (χ1n) is 11.9. The van der Waals surface area contributed by atoms with Gasteiger partial charge in [-0.3, -0.25) is 9.59 Å². The number of benzene rings is 2. The van der Waals surface area contributed by atoms with Crippen molar-refractivity contribution in [3.63, 3.8) is 0 Å². The Bertz CT molecular complexity index is 1280. The molecule has 3 aromatic rings. The molecule has 2 heterocycles. The lowest BCUT2D eigenvalue weighted by atomic mass is 9.71. The number of aryl methyl sites for hydroxylation is 2. The van der Waals surface area contributed by atoms with E-state index in [1.807, 2.05) is 36.9 Å². The highest BCUT2D eigenvalue weighted by Crippen LogP contribution is 2.52. The van der Waals surface area contributed by atoms with Gasteiger partial charge in [-0.2, -0.15) is 0 Å². The SMILES string of the molecule is CO[C@H]1[C@H](NC(=O)c2cccc(F)c2)c2ccccc2C12CCN(C(=O)c1cc(C)oc1C)CC2. The summed E-state index contributed by atoms with van der Waals surface area (Å²) in [6.07, 6.45) is 1.10. The molecule has 1 N–H and O–H groups in total. The Hall–Kier alpha value is -3.45. The summed E-state index contributed by atoms with van der Waals surface area (Å²) >= 11 is 0. The van der Waals surface area contributed by atoms with Gasteiger partial charge >= 0.3 is 0 Å². The van der Waals surface area contributed by atoms with Gasteiger partial charge < -0.3 is 19.4 Å². The number of methoxy groups -OCH3 is 1. The van der Waals surface area contributed by atoms with E-state index < -0.39 is 5.82 Å². The summed E-state index contributed by atoms with van der Waals surface area (Å²) in [5, 5.41) is 3.10. The maximum absolute atomic E-state index is 13.7. The van der Waals surface area contributed by atoms with Gasteiger partial charge in [0.05, 0.1) is 17.7 Å². The Kier molecular flexibility index (Phi) is 5.97. The first-order valence-corrected chi connectivity index (χ1v) is 11.9. The normalized spacial score (nSPS) is 20.6. The van der Waals surface area contributed by atoms with Gasteiger partial charge in [-0.05, 0) is 62.1 Å². The molecule has 5 rings (SSSR count). The van der Waals surface area contributed by atoms with Crippen LogP contribution in [0.3, 0.4) is 0 Å². The molecule has 2 atom stereocenters. The number of fused-ring (bicyclic) bond motifs is 2. The predicted molar refractivity (Wildman–Crippen MR) is 129 cm³/mol. The third kappa shape index (κ3) is 3.93. The molecule has 2 aliphatic rings. The molecule has 1 saturated heterocycles. The molecule has 0 saturated carbocycles. The molecule has 6 nitrogen and oxygen atoms in total. The summed E-state index contributed by atoms with van der Waals surface area (Å²) in [6.45, 7) is 4.79. The van der Waals surface area contributed by atoms with E-state index in [9.17, 15) is 14.0 Å². The van der Waals surface area contributed by atoms with Gasteiger partial charge in [0.15, 0.2) is 0 Å². The molecular weight excluding hydrogens is 447 g/mol. The van der Waals surface area contributed by atoms with Crippen LogP contribution in [0.4, 0.5) is 4.39 Å². The van der Waals surface area contributed by atoms with Crippen molar-refractivity contribution < 1.29 is 23.1 Å². The molecule has 0 radical (unpaired) electrons. The second-order valence-electron chi connectivity index (χ2n) is 9.48. The van der Waals surface area contributed by atoms with Gasteiger partial charge in [-0.1, -0.05) is 30.3 Å².